The Morgan fingerprint density at radius 2 is 2.03 bits per heavy atom. The third-order valence-corrected chi connectivity index (χ3v) is 5.61. The molecule has 1 N–H and O–H groups in total. The zero-order valence-electron chi connectivity index (χ0n) is 17.3. The van der Waals surface area contributed by atoms with Gasteiger partial charge in [-0.05, 0) is 66.6 Å². The Morgan fingerprint density at radius 1 is 1.21 bits per heavy atom. The maximum Gasteiger partial charge on any atom is 0.335 e. The van der Waals surface area contributed by atoms with Gasteiger partial charge in [-0.25, -0.2) is 9.78 Å². The van der Waals surface area contributed by atoms with Crippen molar-refractivity contribution >= 4 is 50.6 Å². The van der Waals surface area contributed by atoms with Crippen LogP contribution in [0.3, 0.4) is 0 Å². The van der Waals surface area contributed by atoms with Gasteiger partial charge in [0.05, 0.1) is 27.7 Å². The van der Waals surface area contributed by atoms with Crippen LogP contribution in [-0.4, -0.2) is 27.0 Å². The predicted molar refractivity (Wildman–Crippen MR) is 131 cm³/mol. The second-order valence-electron chi connectivity index (χ2n) is 7.17. The molecule has 166 valence electrons. The van der Waals surface area contributed by atoms with E-state index in [4.69, 9.17) is 21.4 Å². The molecule has 4 aromatic rings. The van der Waals surface area contributed by atoms with Gasteiger partial charge in [0.25, 0.3) is 5.56 Å². The summed E-state index contributed by atoms with van der Waals surface area (Å²) in [7, 11) is 0. The predicted octanol–water partition coefficient (Wildman–Crippen LogP) is 5.28. The number of benzene rings is 3. The highest BCUT2D eigenvalue weighted by molar-refractivity contribution is 9.10. The van der Waals surface area contributed by atoms with E-state index in [-0.39, 0.29) is 17.7 Å². The highest BCUT2D eigenvalue weighted by atomic mass is 79.9. The highest BCUT2D eigenvalue weighted by Gasteiger charge is 2.09. The number of hydrogen-bond donors (Lipinski definition) is 1. The molecule has 7 nitrogen and oxygen atoms in total. The molecule has 0 saturated carbocycles. The van der Waals surface area contributed by atoms with E-state index >= 15 is 0 Å². The summed E-state index contributed by atoms with van der Waals surface area (Å²) >= 11 is 9.72. The minimum Gasteiger partial charge on any atom is -0.487 e. The fourth-order valence-corrected chi connectivity index (χ4v) is 3.79. The number of halogens is 2. The van der Waals surface area contributed by atoms with Gasteiger partial charge in [-0.2, -0.15) is 9.78 Å². The third-order valence-electron chi connectivity index (χ3n) is 4.82. The van der Waals surface area contributed by atoms with E-state index in [1.807, 2.05) is 6.07 Å². The van der Waals surface area contributed by atoms with Crippen LogP contribution in [0.4, 0.5) is 0 Å². The van der Waals surface area contributed by atoms with Crippen LogP contribution in [0.15, 0.2) is 75.0 Å². The molecule has 0 aliphatic rings. The topological polar surface area (TPSA) is 93.8 Å². The Kier molecular flexibility index (Phi) is 6.57. The van der Waals surface area contributed by atoms with Crippen LogP contribution in [0.2, 0.25) is 5.02 Å². The standard InChI is InChI=1S/C24H17BrClN3O4/c1-14-28-21-7-6-18(25)11-19(21)23(30)29(14)27-12-15-5-8-22(20(26)10-15)33-13-16-3-2-4-17(9-16)24(31)32/h2-12H,13H2,1H3,(H,31,32). The third kappa shape index (κ3) is 5.13. The second kappa shape index (κ2) is 9.56. The van der Waals surface area contributed by atoms with E-state index in [9.17, 15) is 9.59 Å². The molecule has 4 rings (SSSR count). The molecule has 0 radical (unpaired) electrons. The molecule has 0 amide bonds. The van der Waals surface area contributed by atoms with E-state index in [0.717, 1.165) is 4.47 Å². The summed E-state index contributed by atoms with van der Waals surface area (Å²) in [6.45, 7) is 1.88. The van der Waals surface area contributed by atoms with Crippen molar-refractivity contribution < 1.29 is 14.6 Å². The first-order chi connectivity index (χ1) is 15.8. The molecule has 0 aliphatic carbocycles. The number of hydrogen-bond acceptors (Lipinski definition) is 5. The molecule has 1 heterocycles. The maximum atomic E-state index is 12.8. The van der Waals surface area contributed by atoms with Crippen molar-refractivity contribution in [1.29, 1.82) is 0 Å². The number of aryl methyl sites for hydroxylation is 1. The number of rotatable bonds is 6. The van der Waals surface area contributed by atoms with E-state index in [1.165, 1.54) is 17.0 Å². The molecule has 0 atom stereocenters. The van der Waals surface area contributed by atoms with Crippen molar-refractivity contribution in [1.82, 2.24) is 9.66 Å². The zero-order chi connectivity index (χ0) is 23.5. The molecule has 0 aliphatic heterocycles. The van der Waals surface area contributed by atoms with Crippen LogP contribution >= 0.6 is 27.5 Å². The summed E-state index contributed by atoms with van der Waals surface area (Å²) in [5, 5.41) is 14.2. The van der Waals surface area contributed by atoms with Crippen molar-refractivity contribution in [2.75, 3.05) is 0 Å². The lowest BCUT2D eigenvalue weighted by molar-refractivity contribution is 0.0696. The first-order valence-electron chi connectivity index (χ1n) is 9.79. The van der Waals surface area contributed by atoms with Crippen LogP contribution in [0, 0.1) is 6.92 Å². The summed E-state index contributed by atoms with van der Waals surface area (Å²) in [6, 6.07) is 16.9. The summed E-state index contributed by atoms with van der Waals surface area (Å²) < 4.78 is 7.76. The average Bonchev–Trinajstić information content (AvgIpc) is 2.79. The first-order valence-corrected chi connectivity index (χ1v) is 11.0. The molecule has 0 bridgehead atoms. The Hall–Kier alpha value is -3.49. The number of carboxylic acids is 1. The molecule has 1 aromatic heterocycles. The van der Waals surface area contributed by atoms with E-state index < -0.39 is 5.97 Å². The number of carbonyl (C=O) groups is 1. The van der Waals surface area contributed by atoms with Gasteiger partial charge in [0, 0.05) is 4.47 Å². The number of carboxylic acid groups (broad SMARTS) is 1. The molecular formula is C24H17BrClN3O4. The van der Waals surface area contributed by atoms with Crippen molar-refractivity contribution in [3.05, 3.63) is 103 Å². The number of nitrogens with zero attached hydrogens (tertiary/aromatic N) is 3. The quantitative estimate of drug-likeness (QED) is 0.345. The molecule has 0 saturated heterocycles. The Labute approximate surface area is 202 Å². The molecule has 9 heteroatoms. The van der Waals surface area contributed by atoms with Gasteiger partial charge in [0.15, 0.2) is 0 Å². The largest absolute Gasteiger partial charge is 0.487 e. The Bertz CT molecular complexity index is 1470. The van der Waals surface area contributed by atoms with Crippen LogP contribution < -0.4 is 10.3 Å². The van der Waals surface area contributed by atoms with Crippen molar-refractivity contribution in [3.63, 3.8) is 0 Å². The van der Waals surface area contributed by atoms with Gasteiger partial charge >= 0.3 is 5.97 Å². The summed E-state index contributed by atoms with van der Waals surface area (Å²) in [5.41, 5.74) is 1.90. The average molecular weight is 527 g/mol. The second-order valence-corrected chi connectivity index (χ2v) is 8.49. The molecular weight excluding hydrogens is 510 g/mol. The summed E-state index contributed by atoms with van der Waals surface area (Å²) in [4.78, 5) is 28.4. The fraction of sp³-hybridized carbons (Fsp3) is 0.0833. The lowest BCUT2D eigenvalue weighted by atomic mass is 10.1. The Balaban J connectivity index is 1.53. The van der Waals surface area contributed by atoms with Crippen molar-refractivity contribution in [2.24, 2.45) is 5.10 Å². The minimum absolute atomic E-state index is 0.168. The Morgan fingerprint density at radius 3 is 2.79 bits per heavy atom. The van der Waals surface area contributed by atoms with E-state index in [1.54, 1.807) is 55.5 Å². The maximum absolute atomic E-state index is 12.8. The van der Waals surface area contributed by atoms with E-state index in [2.05, 4.69) is 26.0 Å². The number of fused-ring (bicyclic) bond motifs is 1. The monoisotopic (exact) mass is 525 g/mol. The van der Waals surface area contributed by atoms with Crippen molar-refractivity contribution in [3.8, 4) is 5.75 Å². The van der Waals surface area contributed by atoms with Crippen LogP contribution in [0.5, 0.6) is 5.75 Å². The number of aromatic carboxylic acids is 1. The van der Waals surface area contributed by atoms with Crippen LogP contribution in [-0.2, 0) is 6.61 Å². The van der Waals surface area contributed by atoms with Gasteiger partial charge in [-0.15, -0.1) is 0 Å². The molecule has 0 unspecified atom stereocenters. The van der Waals surface area contributed by atoms with Crippen LogP contribution in [0.1, 0.15) is 27.3 Å². The molecule has 33 heavy (non-hydrogen) atoms. The minimum atomic E-state index is -0.998. The molecule has 0 fully saturated rings. The summed E-state index contributed by atoms with van der Waals surface area (Å²) in [6.07, 6.45) is 1.52. The lowest BCUT2D eigenvalue weighted by Crippen LogP contribution is -2.20. The van der Waals surface area contributed by atoms with Crippen molar-refractivity contribution in [2.45, 2.75) is 13.5 Å². The normalized spacial score (nSPS) is 11.2. The summed E-state index contributed by atoms with van der Waals surface area (Å²) in [5.74, 6) is -0.0945. The van der Waals surface area contributed by atoms with Crippen LogP contribution in [0.25, 0.3) is 10.9 Å². The van der Waals surface area contributed by atoms with Gasteiger partial charge in [-0.3, -0.25) is 4.79 Å². The van der Waals surface area contributed by atoms with Gasteiger partial charge < -0.3 is 9.84 Å². The smallest absolute Gasteiger partial charge is 0.335 e. The molecule has 3 aromatic carbocycles. The SMILES string of the molecule is Cc1nc2ccc(Br)cc2c(=O)n1N=Cc1ccc(OCc2cccc(C(=O)O)c2)c(Cl)c1. The van der Waals surface area contributed by atoms with E-state index in [0.29, 0.717) is 38.6 Å². The number of aromatic nitrogens is 2. The number of ether oxygens (including phenoxy) is 1. The molecule has 0 spiro atoms. The van der Waals surface area contributed by atoms with Gasteiger partial charge in [0.1, 0.15) is 18.2 Å². The van der Waals surface area contributed by atoms with Gasteiger partial charge in [-0.1, -0.05) is 39.7 Å². The highest BCUT2D eigenvalue weighted by Crippen LogP contribution is 2.26. The lowest BCUT2D eigenvalue weighted by Gasteiger charge is -2.09. The zero-order valence-corrected chi connectivity index (χ0v) is 19.7. The fourth-order valence-electron chi connectivity index (χ4n) is 3.19. The first kappa shape index (κ1) is 22.7. The van der Waals surface area contributed by atoms with Gasteiger partial charge in [0.2, 0.25) is 0 Å².